The minimum Gasteiger partial charge on any atom is -0.493 e. The average molecular weight is 488 g/mol. The Morgan fingerprint density at radius 3 is 2.09 bits per heavy atom. The molecular weight excluding hydrogens is 459 g/mol. The number of aromatic nitrogens is 2. The number of anilines is 1. The predicted octanol–water partition coefficient (Wildman–Crippen LogP) is 5.56. The maximum Gasteiger partial charge on any atom is 0.471 e. The molecule has 0 bridgehead atoms. The van der Waals surface area contributed by atoms with Crippen LogP contribution in [0.5, 0.6) is 11.5 Å². The Kier molecular flexibility index (Phi) is 7.67. The van der Waals surface area contributed by atoms with E-state index in [0.29, 0.717) is 22.8 Å². The van der Waals surface area contributed by atoms with Crippen LogP contribution in [0.2, 0.25) is 0 Å². The number of hydrogen-bond acceptors (Lipinski definition) is 5. The number of amides is 1. The van der Waals surface area contributed by atoms with Crippen LogP contribution in [0.15, 0.2) is 61.1 Å². The van der Waals surface area contributed by atoms with Crippen molar-refractivity contribution < 1.29 is 27.4 Å². The van der Waals surface area contributed by atoms with Gasteiger partial charge < -0.3 is 9.47 Å². The number of ether oxygens (including phenoxy) is 2. The lowest BCUT2D eigenvalue weighted by Crippen LogP contribution is -2.52. The number of nitrogens with zero attached hydrogens (tertiary/aromatic N) is 3. The van der Waals surface area contributed by atoms with Crippen LogP contribution >= 0.6 is 0 Å². The van der Waals surface area contributed by atoms with Gasteiger partial charge >= 0.3 is 12.1 Å². The molecule has 35 heavy (non-hydrogen) atoms. The van der Waals surface area contributed by atoms with E-state index < -0.39 is 17.6 Å². The molecule has 0 radical (unpaired) electrons. The first-order valence-corrected chi connectivity index (χ1v) is 10.9. The first-order valence-electron chi connectivity index (χ1n) is 10.9. The lowest BCUT2D eigenvalue weighted by Gasteiger charge is -2.35. The molecule has 186 valence electrons. The largest absolute Gasteiger partial charge is 0.493 e. The lowest BCUT2D eigenvalue weighted by atomic mass is 9.86. The second-order valence-electron chi connectivity index (χ2n) is 8.99. The topological polar surface area (TPSA) is 64.5 Å². The van der Waals surface area contributed by atoms with Gasteiger partial charge in [0.1, 0.15) is 5.82 Å². The van der Waals surface area contributed by atoms with Crippen molar-refractivity contribution in [1.29, 1.82) is 0 Å². The maximum absolute atomic E-state index is 13.3. The maximum atomic E-state index is 13.3. The number of carbonyl (C=O) groups excluding carboxylic acids is 1. The van der Waals surface area contributed by atoms with Gasteiger partial charge in [-0.05, 0) is 74.2 Å². The minimum atomic E-state index is -5.02. The molecule has 2 aromatic heterocycles. The summed E-state index contributed by atoms with van der Waals surface area (Å²) in [6.07, 6.45) is 0.486. The monoisotopic (exact) mass is 487 g/mol. The summed E-state index contributed by atoms with van der Waals surface area (Å²) in [6, 6.07) is 12.5. The minimum absolute atomic E-state index is 0.0708. The van der Waals surface area contributed by atoms with Crippen LogP contribution in [0, 0.1) is 0 Å². The van der Waals surface area contributed by atoms with E-state index in [4.69, 9.17) is 9.47 Å². The van der Waals surface area contributed by atoms with Crippen molar-refractivity contribution in [2.75, 3.05) is 19.1 Å². The average Bonchev–Trinajstić information content (AvgIpc) is 2.82. The molecule has 0 aliphatic rings. The summed E-state index contributed by atoms with van der Waals surface area (Å²) in [6.45, 7) is 4.59. The van der Waals surface area contributed by atoms with Crippen LogP contribution in [-0.4, -0.2) is 41.8 Å². The summed E-state index contributed by atoms with van der Waals surface area (Å²) in [5.74, 6) is -1.08. The molecule has 1 aromatic carbocycles. The third kappa shape index (κ3) is 6.09. The summed E-state index contributed by atoms with van der Waals surface area (Å²) in [5, 5.41) is 0. The Morgan fingerprint density at radius 1 is 0.943 bits per heavy atom. The quantitative estimate of drug-likeness (QED) is 0.437. The van der Waals surface area contributed by atoms with E-state index in [1.165, 1.54) is 33.0 Å². The van der Waals surface area contributed by atoms with Crippen LogP contribution in [0.1, 0.15) is 43.4 Å². The molecule has 1 amide bonds. The number of hydrogen-bond donors (Lipinski definition) is 0. The number of alkyl halides is 3. The van der Waals surface area contributed by atoms with Gasteiger partial charge in [-0.15, -0.1) is 0 Å². The van der Waals surface area contributed by atoms with E-state index in [9.17, 15) is 18.0 Å². The summed E-state index contributed by atoms with van der Waals surface area (Å²) in [7, 11) is 3.10. The first-order chi connectivity index (χ1) is 16.5. The molecule has 0 saturated heterocycles. The zero-order valence-electron chi connectivity index (χ0n) is 20.3. The van der Waals surface area contributed by atoms with Crippen LogP contribution in [0.25, 0.3) is 0 Å². The third-order valence-corrected chi connectivity index (χ3v) is 5.52. The van der Waals surface area contributed by atoms with Crippen LogP contribution in [0.3, 0.4) is 0 Å². The molecule has 1 atom stereocenters. The number of methoxy groups -OCH3 is 2. The predicted molar refractivity (Wildman–Crippen MR) is 127 cm³/mol. The highest BCUT2D eigenvalue weighted by molar-refractivity contribution is 5.97. The Labute approximate surface area is 202 Å². The zero-order chi connectivity index (χ0) is 25.8. The van der Waals surface area contributed by atoms with Crippen molar-refractivity contribution in [3.63, 3.8) is 0 Å². The van der Waals surface area contributed by atoms with Gasteiger partial charge in [-0.3, -0.25) is 14.7 Å². The van der Waals surface area contributed by atoms with Crippen molar-refractivity contribution >= 4 is 11.7 Å². The van der Waals surface area contributed by atoms with Crippen molar-refractivity contribution in [1.82, 2.24) is 9.97 Å². The van der Waals surface area contributed by atoms with E-state index in [-0.39, 0.29) is 11.7 Å². The van der Waals surface area contributed by atoms with Crippen molar-refractivity contribution in [3.05, 3.63) is 77.7 Å². The van der Waals surface area contributed by atoms with E-state index in [2.05, 4.69) is 9.97 Å². The van der Waals surface area contributed by atoms with Crippen molar-refractivity contribution in [2.45, 2.75) is 44.8 Å². The molecule has 0 spiro atoms. The fourth-order valence-electron chi connectivity index (χ4n) is 3.87. The van der Waals surface area contributed by atoms with Gasteiger partial charge in [0.05, 0.1) is 14.2 Å². The number of halogens is 3. The second-order valence-corrected chi connectivity index (χ2v) is 8.99. The molecule has 6 nitrogen and oxygen atoms in total. The van der Waals surface area contributed by atoms with Crippen LogP contribution in [-0.2, 0) is 11.2 Å². The van der Waals surface area contributed by atoms with Gasteiger partial charge in [-0.25, -0.2) is 4.98 Å². The van der Waals surface area contributed by atoms with E-state index in [0.717, 1.165) is 16.7 Å². The Balaban J connectivity index is 2.05. The lowest BCUT2D eigenvalue weighted by molar-refractivity contribution is -0.171. The summed E-state index contributed by atoms with van der Waals surface area (Å²) in [4.78, 5) is 21.2. The van der Waals surface area contributed by atoms with Gasteiger partial charge in [0.2, 0.25) is 0 Å². The Hall–Kier alpha value is -3.62. The SMILES string of the molecule is COc1ccc(C(Cc2ccncc2)c2ccc(N(C(=O)C(F)(F)F)C(C)(C)C)nc2)cc1OC. The molecule has 3 aromatic rings. The Morgan fingerprint density at radius 2 is 1.57 bits per heavy atom. The molecule has 0 saturated carbocycles. The Bertz CT molecular complexity index is 1140. The molecule has 9 heteroatoms. The molecule has 2 heterocycles. The normalized spacial score (nSPS) is 12.7. The van der Waals surface area contributed by atoms with Gasteiger partial charge in [-0.1, -0.05) is 12.1 Å². The van der Waals surface area contributed by atoms with Gasteiger partial charge in [0, 0.05) is 30.0 Å². The van der Waals surface area contributed by atoms with Gasteiger partial charge in [0.25, 0.3) is 0 Å². The van der Waals surface area contributed by atoms with E-state index in [1.54, 1.807) is 38.7 Å². The zero-order valence-corrected chi connectivity index (χ0v) is 20.3. The summed E-state index contributed by atoms with van der Waals surface area (Å²) in [5.41, 5.74) is 1.58. The first kappa shape index (κ1) is 26.0. The van der Waals surface area contributed by atoms with Crippen molar-refractivity contribution in [2.24, 2.45) is 0 Å². The van der Waals surface area contributed by atoms with Crippen LogP contribution in [0.4, 0.5) is 19.0 Å². The van der Waals surface area contributed by atoms with Crippen LogP contribution < -0.4 is 14.4 Å². The number of benzene rings is 1. The highest BCUT2D eigenvalue weighted by Crippen LogP contribution is 2.36. The third-order valence-electron chi connectivity index (χ3n) is 5.52. The fraction of sp³-hybridized carbons (Fsp3) is 0.346. The molecule has 0 fully saturated rings. The smallest absolute Gasteiger partial charge is 0.471 e. The molecule has 0 aliphatic heterocycles. The number of pyridine rings is 2. The highest BCUT2D eigenvalue weighted by Gasteiger charge is 2.47. The number of rotatable bonds is 7. The molecular formula is C26H28F3N3O3. The van der Waals surface area contributed by atoms with Gasteiger partial charge in [0.15, 0.2) is 11.5 Å². The van der Waals surface area contributed by atoms with E-state index in [1.807, 2.05) is 24.3 Å². The number of carbonyl (C=O) groups is 1. The molecule has 1 unspecified atom stereocenters. The summed E-state index contributed by atoms with van der Waals surface area (Å²) >= 11 is 0. The fourth-order valence-corrected chi connectivity index (χ4v) is 3.87. The molecule has 0 aliphatic carbocycles. The van der Waals surface area contributed by atoms with E-state index >= 15 is 0 Å². The highest BCUT2D eigenvalue weighted by atomic mass is 19.4. The molecule has 3 rings (SSSR count). The van der Waals surface area contributed by atoms with Crippen molar-refractivity contribution in [3.8, 4) is 11.5 Å². The molecule has 0 N–H and O–H groups in total. The second kappa shape index (κ2) is 10.3. The standard InChI is InChI=1S/C26H28F3N3O3/c1-25(2,3)32(24(33)26(27,28)29)23-9-7-19(16-31-23)20(14-17-10-12-30-13-11-17)18-6-8-21(34-4)22(15-18)35-5/h6-13,15-16,20H,14H2,1-5H3. The summed E-state index contributed by atoms with van der Waals surface area (Å²) < 4.78 is 50.6. The van der Waals surface area contributed by atoms with Gasteiger partial charge in [-0.2, -0.15) is 13.2 Å².